The fraction of sp³-hybridized carbons (Fsp3) is 0.429. The molecule has 0 unspecified atom stereocenters. The highest BCUT2D eigenvalue weighted by Crippen LogP contribution is 2.33. The fourth-order valence-corrected chi connectivity index (χ4v) is 6.76. The highest BCUT2D eigenvalue weighted by atomic mass is 32.1. The van der Waals surface area contributed by atoms with Crippen LogP contribution in [0.1, 0.15) is 65.2 Å². The number of hydrogen-bond donors (Lipinski definition) is 2. The van der Waals surface area contributed by atoms with Crippen molar-refractivity contribution in [3.05, 3.63) is 76.7 Å². The molecule has 248 valence electrons. The summed E-state index contributed by atoms with van der Waals surface area (Å²) in [7, 11) is 0. The van der Waals surface area contributed by atoms with Crippen LogP contribution in [-0.4, -0.2) is 85.1 Å². The molecule has 2 aromatic carbocycles. The summed E-state index contributed by atoms with van der Waals surface area (Å²) in [4.78, 5) is 45.4. The number of nitrogens with zero attached hydrogens (tertiary/aromatic N) is 4. The van der Waals surface area contributed by atoms with Gasteiger partial charge >= 0.3 is 6.09 Å². The van der Waals surface area contributed by atoms with Crippen molar-refractivity contribution in [1.29, 1.82) is 0 Å². The van der Waals surface area contributed by atoms with E-state index in [2.05, 4.69) is 25.5 Å². The molecule has 2 saturated heterocycles. The predicted octanol–water partition coefficient (Wildman–Crippen LogP) is 5.78. The van der Waals surface area contributed by atoms with Crippen LogP contribution in [0.15, 0.2) is 60.7 Å². The molecule has 1 atom stereocenters. The summed E-state index contributed by atoms with van der Waals surface area (Å²) in [5, 5.41) is 10.5. The number of benzene rings is 2. The van der Waals surface area contributed by atoms with Gasteiger partial charge in [-0.15, -0.1) is 16.4 Å². The first-order valence-electron chi connectivity index (χ1n) is 16.2. The number of fused-ring (bicyclic) bond motifs is 1. The number of ether oxygens (including phenoxy) is 2. The zero-order chi connectivity index (χ0) is 33.0. The average Bonchev–Trinajstić information content (AvgIpc) is 3.83. The molecule has 2 N–H and O–H groups in total. The van der Waals surface area contributed by atoms with Gasteiger partial charge in [-0.1, -0.05) is 51.1 Å². The van der Waals surface area contributed by atoms with Crippen molar-refractivity contribution in [2.75, 3.05) is 62.8 Å². The second-order valence-corrected chi connectivity index (χ2v) is 14.3. The van der Waals surface area contributed by atoms with Crippen LogP contribution in [0.25, 0.3) is 10.2 Å². The number of amides is 2. The van der Waals surface area contributed by atoms with Crippen molar-refractivity contribution in [3.63, 3.8) is 0 Å². The predicted molar refractivity (Wildman–Crippen MR) is 184 cm³/mol. The van der Waals surface area contributed by atoms with E-state index in [1.54, 1.807) is 18.2 Å². The molecule has 0 bridgehead atoms. The Kier molecular flexibility index (Phi) is 9.90. The summed E-state index contributed by atoms with van der Waals surface area (Å²) >= 11 is 1.18. The summed E-state index contributed by atoms with van der Waals surface area (Å²) in [6.07, 6.45) is 1.63. The summed E-state index contributed by atoms with van der Waals surface area (Å²) in [5.41, 5.74) is 2.63. The van der Waals surface area contributed by atoms with E-state index in [-0.39, 0.29) is 35.7 Å². The molecule has 0 spiro atoms. The number of carbonyl (C=O) groups excluding carboxylic acids is 3. The van der Waals surface area contributed by atoms with E-state index < -0.39 is 6.09 Å². The first-order valence-corrected chi connectivity index (χ1v) is 17.0. The summed E-state index contributed by atoms with van der Waals surface area (Å²) in [6, 6.07) is 18.8. The van der Waals surface area contributed by atoms with E-state index in [4.69, 9.17) is 9.47 Å². The Morgan fingerprint density at radius 2 is 1.66 bits per heavy atom. The van der Waals surface area contributed by atoms with Gasteiger partial charge < -0.3 is 29.9 Å². The van der Waals surface area contributed by atoms with Crippen LogP contribution in [-0.2, 0) is 9.47 Å². The lowest BCUT2D eigenvalue weighted by molar-refractivity contribution is 0.0930. The highest BCUT2D eigenvalue weighted by molar-refractivity contribution is 7.21. The average molecular weight is 659 g/mol. The van der Waals surface area contributed by atoms with Gasteiger partial charge in [-0.05, 0) is 67.2 Å². The molecular formula is C35H42N6O5S. The lowest BCUT2D eigenvalue weighted by Gasteiger charge is -2.28. The van der Waals surface area contributed by atoms with E-state index >= 15 is 0 Å². The fourth-order valence-electron chi connectivity index (χ4n) is 5.78. The van der Waals surface area contributed by atoms with Gasteiger partial charge in [0.1, 0.15) is 0 Å². The van der Waals surface area contributed by atoms with Gasteiger partial charge in [0.25, 0.3) is 11.8 Å². The molecule has 2 aromatic heterocycles. The van der Waals surface area contributed by atoms with E-state index in [0.717, 1.165) is 55.0 Å². The normalized spacial score (nSPS) is 16.3. The molecule has 2 aliphatic heterocycles. The maximum atomic E-state index is 13.8. The first kappa shape index (κ1) is 32.7. The quantitative estimate of drug-likeness (QED) is 0.232. The number of thiophene rings is 1. The third-order valence-electron chi connectivity index (χ3n) is 8.27. The Labute approximate surface area is 278 Å². The van der Waals surface area contributed by atoms with Crippen molar-refractivity contribution in [2.24, 2.45) is 5.41 Å². The van der Waals surface area contributed by atoms with Crippen molar-refractivity contribution >= 4 is 51.0 Å². The van der Waals surface area contributed by atoms with Gasteiger partial charge in [0.05, 0.1) is 41.0 Å². The van der Waals surface area contributed by atoms with Crippen molar-refractivity contribution in [1.82, 2.24) is 20.0 Å². The van der Waals surface area contributed by atoms with Gasteiger partial charge in [-0.25, -0.2) is 4.79 Å². The molecule has 4 heterocycles. The smallest absolute Gasteiger partial charge is 0.435 e. The van der Waals surface area contributed by atoms with Gasteiger partial charge in [-0.3, -0.25) is 9.59 Å². The number of nitrogens with one attached hydrogen (secondary N) is 2. The minimum Gasteiger partial charge on any atom is -0.447 e. The first-order chi connectivity index (χ1) is 22.6. The van der Waals surface area contributed by atoms with Crippen LogP contribution in [0.2, 0.25) is 0 Å². The minimum absolute atomic E-state index is 0.178. The topological polar surface area (TPSA) is 118 Å². The number of carbonyl (C=O) groups is 3. The maximum absolute atomic E-state index is 13.8. The third kappa shape index (κ3) is 8.01. The van der Waals surface area contributed by atoms with Gasteiger partial charge in [0.15, 0.2) is 5.82 Å². The summed E-state index contributed by atoms with van der Waals surface area (Å²) in [6.45, 7) is 11.7. The van der Waals surface area contributed by atoms with Crippen LogP contribution in [0.3, 0.4) is 0 Å². The zero-order valence-corrected chi connectivity index (χ0v) is 28.0. The van der Waals surface area contributed by atoms with Crippen LogP contribution in [0, 0.1) is 5.41 Å². The lowest BCUT2D eigenvalue weighted by atomic mass is 9.99. The number of hydrogen-bond acceptors (Lipinski definition) is 9. The Morgan fingerprint density at radius 3 is 2.34 bits per heavy atom. The molecule has 6 rings (SSSR count). The third-order valence-corrected chi connectivity index (χ3v) is 9.40. The number of morpholine rings is 1. The van der Waals surface area contributed by atoms with E-state index in [0.29, 0.717) is 40.4 Å². The molecule has 47 heavy (non-hydrogen) atoms. The molecule has 0 aliphatic carbocycles. The van der Waals surface area contributed by atoms with Crippen molar-refractivity contribution < 1.29 is 23.9 Å². The second-order valence-electron chi connectivity index (χ2n) is 13.2. The number of rotatable bonds is 9. The van der Waals surface area contributed by atoms with Crippen LogP contribution < -0.4 is 15.5 Å². The van der Waals surface area contributed by atoms with Gasteiger partial charge in [0, 0.05) is 30.9 Å². The van der Waals surface area contributed by atoms with E-state index in [1.165, 1.54) is 11.3 Å². The standard InChI is InChI=1S/C35H42N6O5S/c1-35(2,3)23-46-34(44)41-28-21-29(33(43)36-27(22-39-15-7-8-16-39)24-9-5-4-6-10-24)47-30(28)31(38-41)37-32(42)25-11-13-26(14-12-25)40-17-19-45-20-18-40/h4-6,9-14,21,27H,7-8,15-20,22-23H2,1-3H3,(H,36,43)(H,37,38,42)/t27-/m1/s1. The maximum Gasteiger partial charge on any atom is 0.435 e. The molecule has 12 heteroatoms. The van der Waals surface area contributed by atoms with Crippen molar-refractivity contribution in [3.8, 4) is 0 Å². The summed E-state index contributed by atoms with van der Waals surface area (Å²) < 4.78 is 12.7. The Hall–Kier alpha value is -4.26. The van der Waals surface area contributed by atoms with Crippen LogP contribution in [0.5, 0.6) is 0 Å². The lowest BCUT2D eigenvalue weighted by Crippen LogP contribution is -2.36. The Bertz CT molecular complexity index is 1700. The number of aromatic nitrogens is 2. The largest absolute Gasteiger partial charge is 0.447 e. The highest BCUT2D eigenvalue weighted by Gasteiger charge is 2.27. The molecule has 0 radical (unpaired) electrons. The molecule has 2 amide bonds. The van der Waals surface area contributed by atoms with Gasteiger partial charge in [0.2, 0.25) is 0 Å². The van der Waals surface area contributed by atoms with Gasteiger partial charge in [-0.2, -0.15) is 4.68 Å². The summed E-state index contributed by atoms with van der Waals surface area (Å²) in [5.74, 6) is -0.442. The van der Waals surface area contributed by atoms with Crippen LogP contribution in [0.4, 0.5) is 16.3 Å². The Morgan fingerprint density at radius 1 is 0.957 bits per heavy atom. The molecule has 2 aliphatic rings. The SMILES string of the molecule is CC(C)(C)COC(=O)n1nc(NC(=O)c2ccc(N3CCOCC3)cc2)c2sc(C(=O)N[C@H](CN3CCCC3)c3ccccc3)cc21. The minimum atomic E-state index is -0.679. The molecule has 4 aromatic rings. The van der Waals surface area contributed by atoms with E-state index in [9.17, 15) is 14.4 Å². The molecule has 0 saturated carbocycles. The van der Waals surface area contributed by atoms with E-state index in [1.807, 2.05) is 63.2 Å². The zero-order valence-electron chi connectivity index (χ0n) is 27.2. The number of likely N-dealkylation sites (tertiary alicyclic amines) is 1. The second kappa shape index (κ2) is 14.2. The Balaban J connectivity index is 1.26. The molecule has 11 nitrogen and oxygen atoms in total. The molecular weight excluding hydrogens is 616 g/mol. The monoisotopic (exact) mass is 658 g/mol. The molecule has 2 fully saturated rings. The van der Waals surface area contributed by atoms with Crippen LogP contribution >= 0.6 is 11.3 Å². The number of anilines is 2. The van der Waals surface area contributed by atoms with Crippen molar-refractivity contribution in [2.45, 2.75) is 39.7 Å².